The molecule has 0 saturated heterocycles. The average molecular weight is 619 g/mol. The van der Waals surface area contributed by atoms with Gasteiger partial charge in [-0.1, -0.05) is 0 Å². The second-order valence-corrected chi connectivity index (χ2v) is 5.54. The van der Waals surface area contributed by atoms with E-state index in [9.17, 15) is 71.9 Å². The van der Waals surface area contributed by atoms with E-state index in [1.165, 1.54) is 0 Å². The van der Waals surface area contributed by atoms with Crippen LogP contribution in [0.3, 0.4) is 0 Å². The van der Waals surface area contributed by atoms with Crippen LogP contribution in [-0.2, 0) is 45.4 Å². The van der Waals surface area contributed by atoms with Gasteiger partial charge in [0.05, 0.1) is 13.2 Å². The summed E-state index contributed by atoms with van der Waals surface area (Å²) < 4.78 is 152. The number of aliphatic hydroxyl groups excluding tert-OH is 2. The molecule has 37 heavy (non-hydrogen) atoms. The molecular weight excluding hydrogens is 607 g/mol. The van der Waals surface area contributed by atoms with Crippen LogP contribution in [-0.4, -0.2) is 71.6 Å². The SMILES string of the molecule is CCOC(=O)/C(C(=O)C(F)(F)F)=C(/O)C(F)(F)F.CCOC(=O)/C(C(=O)C(F)(F)F)=C(/O)C(F)(F)F.[Co]. The Morgan fingerprint density at radius 2 is 0.757 bits per heavy atom. The number of ether oxygens (including phenoxy) is 2. The average Bonchev–Trinajstić information content (AvgIpc) is 2.66. The first kappa shape index (κ1) is 38.6. The van der Waals surface area contributed by atoms with Crippen LogP contribution in [0.4, 0.5) is 52.7 Å². The number of Topliss-reactive ketones (excluding diaryl/α,β-unsaturated/α-hetero) is 2. The number of carbonyl (C=O) groups excluding carboxylic acids is 4. The number of rotatable bonds is 6. The first-order chi connectivity index (χ1) is 15.8. The Bertz CT molecular complexity index is 837. The molecule has 0 saturated carbocycles. The van der Waals surface area contributed by atoms with Gasteiger partial charge >= 0.3 is 36.6 Å². The van der Waals surface area contributed by atoms with Gasteiger partial charge in [-0.3, -0.25) is 9.59 Å². The van der Waals surface area contributed by atoms with Crippen molar-refractivity contribution in [3.05, 3.63) is 22.7 Å². The van der Waals surface area contributed by atoms with E-state index in [0.29, 0.717) is 0 Å². The van der Waals surface area contributed by atoms with Gasteiger partial charge in [0.15, 0.2) is 11.1 Å². The molecule has 0 amide bonds. The normalized spacial score (nSPS) is 13.6. The zero-order valence-corrected chi connectivity index (χ0v) is 18.7. The summed E-state index contributed by atoms with van der Waals surface area (Å²) in [7, 11) is 0. The summed E-state index contributed by atoms with van der Waals surface area (Å²) in [6.45, 7) is 1.05. The van der Waals surface area contributed by atoms with E-state index in [0.717, 1.165) is 13.8 Å². The van der Waals surface area contributed by atoms with Crippen LogP contribution in [0.2, 0.25) is 0 Å². The van der Waals surface area contributed by atoms with Crippen molar-refractivity contribution in [2.24, 2.45) is 0 Å². The van der Waals surface area contributed by atoms with Crippen molar-refractivity contribution in [2.75, 3.05) is 13.2 Å². The van der Waals surface area contributed by atoms with Crippen molar-refractivity contribution in [2.45, 2.75) is 38.6 Å². The molecule has 1 radical (unpaired) electrons. The Balaban J connectivity index is -0.000000608. The quantitative estimate of drug-likeness (QED) is 0.114. The van der Waals surface area contributed by atoms with Crippen LogP contribution in [0.5, 0.6) is 0 Å². The standard InChI is InChI=1S/2C8H6F6O4.Co/c2*1-2-18-6(17)3(4(15)7(9,10)11)5(16)8(12,13)14;/h2*15H,2H2,1H3;/b2*4-3+;. The van der Waals surface area contributed by atoms with E-state index in [2.05, 4.69) is 9.47 Å². The predicted octanol–water partition coefficient (Wildman–Crippen LogP) is 4.11. The van der Waals surface area contributed by atoms with Gasteiger partial charge in [0.25, 0.3) is 11.6 Å². The first-order valence-electron chi connectivity index (χ1n) is 8.43. The number of halogens is 12. The van der Waals surface area contributed by atoms with Crippen LogP contribution in [0, 0.1) is 0 Å². The van der Waals surface area contributed by atoms with Gasteiger partial charge in [-0.15, -0.1) is 0 Å². The maximum absolute atomic E-state index is 12.0. The van der Waals surface area contributed by atoms with Crippen LogP contribution >= 0.6 is 0 Å². The second kappa shape index (κ2) is 14.1. The molecule has 217 valence electrons. The zero-order valence-electron chi connectivity index (χ0n) is 17.6. The minimum absolute atomic E-state index is 0. The fourth-order valence-corrected chi connectivity index (χ4v) is 1.57. The summed E-state index contributed by atoms with van der Waals surface area (Å²) in [5, 5.41) is 17.0. The maximum atomic E-state index is 12.0. The van der Waals surface area contributed by atoms with Crippen LogP contribution in [0.25, 0.3) is 0 Å². The number of ketones is 2. The van der Waals surface area contributed by atoms with Gasteiger partial charge in [-0.05, 0) is 13.8 Å². The summed E-state index contributed by atoms with van der Waals surface area (Å²) in [5.41, 5.74) is -4.98. The van der Waals surface area contributed by atoms with Gasteiger partial charge < -0.3 is 19.7 Å². The molecule has 0 rings (SSSR count). The van der Waals surface area contributed by atoms with Crippen LogP contribution in [0.15, 0.2) is 22.7 Å². The topological polar surface area (TPSA) is 127 Å². The van der Waals surface area contributed by atoms with Gasteiger partial charge in [0.1, 0.15) is 0 Å². The Labute approximate surface area is 207 Å². The van der Waals surface area contributed by atoms with E-state index in [-0.39, 0.29) is 16.8 Å². The number of aliphatic hydroxyl groups is 2. The summed E-state index contributed by atoms with van der Waals surface area (Å²) in [5.74, 6) is -16.5. The minimum Gasteiger partial charge on any atom is -0.504 e. The molecular formula is C16H12CoF12O8. The Hall–Kier alpha value is -2.97. The molecule has 0 spiro atoms. The Kier molecular flexibility index (Phi) is 14.7. The van der Waals surface area contributed by atoms with Crippen LogP contribution < -0.4 is 0 Å². The third-order valence-electron chi connectivity index (χ3n) is 2.94. The Morgan fingerprint density at radius 3 is 0.892 bits per heavy atom. The van der Waals surface area contributed by atoms with E-state index in [1.807, 2.05) is 0 Å². The third kappa shape index (κ3) is 12.2. The van der Waals surface area contributed by atoms with Gasteiger partial charge in [0, 0.05) is 16.8 Å². The van der Waals surface area contributed by atoms with Gasteiger partial charge in [0.2, 0.25) is 11.5 Å². The van der Waals surface area contributed by atoms with Crippen molar-refractivity contribution in [3.8, 4) is 0 Å². The molecule has 21 heteroatoms. The zero-order chi connectivity index (χ0) is 29.4. The molecule has 0 unspecified atom stereocenters. The molecule has 0 aliphatic rings. The van der Waals surface area contributed by atoms with Crippen molar-refractivity contribution in [3.63, 3.8) is 0 Å². The molecule has 0 aromatic rings. The maximum Gasteiger partial charge on any atom is 0.455 e. The van der Waals surface area contributed by atoms with Crippen molar-refractivity contribution in [1.29, 1.82) is 0 Å². The molecule has 8 nitrogen and oxygen atoms in total. The number of hydrogen-bond acceptors (Lipinski definition) is 8. The summed E-state index contributed by atoms with van der Waals surface area (Å²) in [6.07, 6.45) is -22.9. The fourth-order valence-electron chi connectivity index (χ4n) is 1.57. The first-order valence-corrected chi connectivity index (χ1v) is 8.43. The number of allylic oxidation sites excluding steroid dienone is 2. The van der Waals surface area contributed by atoms with Gasteiger partial charge in [-0.2, -0.15) is 52.7 Å². The molecule has 0 bridgehead atoms. The summed E-state index contributed by atoms with van der Waals surface area (Å²) in [4.78, 5) is 43.0. The summed E-state index contributed by atoms with van der Waals surface area (Å²) >= 11 is 0. The fraction of sp³-hybridized carbons (Fsp3) is 0.500. The predicted molar refractivity (Wildman–Crippen MR) is 86.8 cm³/mol. The number of alkyl halides is 12. The number of esters is 2. The molecule has 0 aliphatic carbocycles. The summed E-state index contributed by atoms with van der Waals surface area (Å²) in [6, 6.07) is 0. The largest absolute Gasteiger partial charge is 0.504 e. The molecule has 0 fully saturated rings. The van der Waals surface area contributed by atoms with E-state index in [4.69, 9.17) is 10.2 Å². The monoisotopic (exact) mass is 619 g/mol. The van der Waals surface area contributed by atoms with Crippen molar-refractivity contribution >= 4 is 23.5 Å². The van der Waals surface area contributed by atoms with E-state index >= 15 is 0 Å². The molecule has 0 atom stereocenters. The smallest absolute Gasteiger partial charge is 0.455 e. The molecule has 0 aromatic heterocycles. The van der Waals surface area contributed by atoms with Crippen molar-refractivity contribution in [1.82, 2.24) is 0 Å². The Morgan fingerprint density at radius 1 is 0.541 bits per heavy atom. The number of carbonyl (C=O) groups is 4. The number of hydrogen-bond donors (Lipinski definition) is 2. The van der Waals surface area contributed by atoms with Crippen molar-refractivity contribution < 1.29 is 108 Å². The van der Waals surface area contributed by atoms with E-state index in [1.54, 1.807) is 0 Å². The molecule has 0 aromatic carbocycles. The second-order valence-electron chi connectivity index (χ2n) is 5.54. The van der Waals surface area contributed by atoms with Crippen LogP contribution in [0.1, 0.15) is 13.8 Å². The molecule has 0 heterocycles. The van der Waals surface area contributed by atoms with E-state index < -0.39 is 84.1 Å². The minimum atomic E-state index is -5.75. The third-order valence-corrected chi connectivity index (χ3v) is 2.94. The molecule has 0 aliphatic heterocycles. The molecule has 2 N–H and O–H groups in total. The van der Waals surface area contributed by atoms with Gasteiger partial charge in [-0.25, -0.2) is 9.59 Å².